The minimum Gasteiger partial charge on any atom is -0.468 e. The van der Waals surface area contributed by atoms with Gasteiger partial charge in [0.1, 0.15) is 5.76 Å². The smallest absolute Gasteiger partial charge is 0.193 e. The summed E-state index contributed by atoms with van der Waals surface area (Å²) in [4.78, 5) is 9.15. The second-order valence-electron chi connectivity index (χ2n) is 5.28. The number of nitrogens with one attached hydrogen (secondary N) is 1. The van der Waals surface area contributed by atoms with Crippen molar-refractivity contribution in [1.82, 2.24) is 15.1 Å². The van der Waals surface area contributed by atoms with Crippen LogP contribution < -0.4 is 5.32 Å². The van der Waals surface area contributed by atoms with Crippen molar-refractivity contribution in [2.45, 2.75) is 18.9 Å². The van der Waals surface area contributed by atoms with Crippen LogP contribution in [-0.2, 0) is 0 Å². The van der Waals surface area contributed by atoms with Gasteiger partial charge >= 0.3 is 0 Å². The maximum Gasteiger partial charge on any atom is 0.193 e. The first-order valence-corrected chi connectivity index (χ1v) is 7.11. The molecule has 1 aromatic heterocycles. The van der Waals surface area contributed by atoms with Crippen molar-refractivity contribution in [3.63, 3.8) is 0 Å². The molecule has 1 fully saturated rings. The van der Waals surface area contributed by atoms with Gasteiger partial charge < -0.3 is 14.6 Å². The fourth-order valence-electron chi connectivity index (χ4n) is 2.86. The van der Waals surface area contributed by atoms with Gasteiger partial charge in [-0.3, -0.25) is 9.89 Å². The lowest BCUT2D eigenvalue weighted by atomic mass is 10.2. The van der Waals surface area contributed by atoms with E-state index in [1.807, 2.05) is 6.07 Å². The van der Waals surface area contributed by atoms with Gasteiger partial charge in [-0.2, -0.15) is 0 Å². The molecule has 1 aromatic rings. The summed E-state index contributed by atoms with van der Waals surface area (Å²) in [6, 6.07) is 4.36. The Balaban J connectivity index is 0.00000147. The van der Waals surface area contributed by atoms with Crippen LogP contribution >= 0.6 is 24.0 Å². The number of hydrogen-bond acceptors (Lipinski definition) is 5. The highest BCUT2D eigenvalue weighted by atomic mass is 127. The molecule has 6 heteroatoms. The summed E-state index contributed by atoms with van der Waals surface area (Å²) in [5, 5.41) is 3.47. The second kappa shape index (κ2) is 7.31. The molecule has 5 nitrogen and oxygen atoms in total. The van der Waals surface area contributed by atoms with Crippen LogP contribution in [-0.4, -0.2) is 55.5 Å². The minimum absolute atomic E-state index is 0. The molecule has 1 saturated heterocycles. The molecular formula is C14H23IN4O. The van der Waals surface area contributed by atoms with Crippen molar-refractivity contribution in [1.29, 1.82) is 0 Å². The van der Waals surface area contributed by atoms with Gasteiger partial charge in [-0.1, -0.05) is 0 Å². The third kappa shape index (κ3) is 3.46. The van der Waals surface area contributed by atoms with E-state index in [2.05, 4.69) is 33.2 Å². The molecule has 0 saturated carbocycles. The maximum atomic E-state index is 5.61. The lowest BCUT2D eigenvalue weighted by Gasteiger charge is -2.27. The van der Waals surface area contributed by atoms with Gasteiger partial charge in [0.2, 0.25) is 0 Å². The van der Waals surface area contributed by atoms with Crippen LogP contribution in [0.3, 0.4) is 0 Å². The third-order valence-electron chi connectivity index (χ3n) is 3.97. The second-order valence-corrected chi connectivity index (χ2v) is 5.28. The van der Waals surface area contributed by atoms with Crippen LogP contribution in [0, 0.1) is 0 Å². The van der Waals surface area contributed by atoms with Crippen molar-refractivity contribution >= 4 is 29.9 Å². The molecule has 0 spiro atoms. The highest BCUT2D eigenvalue weighted by Crippen LogP contribution is 2.24. The van der Waals surface area contributed by atoms with Crippen molar-refractivity contribution in [2.24, 2.45) is 4.99 Å². The predicted molar refractivity (Wildman–Crippen MR) is 90.6 cm³/mol. The molecule has 20 heavy (non-hydrogen) atoms. The van der Waals surface area contributed by atoms with Crippen molar-refractivity contribution in [3.8, 4) is 0 Å². The molecule has 2 aliphatic rings. The lowest BCUT2D eigenvalue weighted by Crippen LogP contribution is -2.41. The maximum absolute atomic E-state index is 5.61. The van der Waals surface area contributed by atoms with Gasteiger partial charge in [-0.15, -0.1) is 24.0 Å². The number of halogens is 1. The Labute approximate surface area is 137 Å². The monoisotopic (exact) mass is 390 g/mol. The molecule has 0 aliphatic carbocycles. The van der Waals surface area contributed by atoms with Crippen molar-refractivity contribution in [2.75, 3.05) is 39.8 Å². The summed E-state index contributed by atoms with van der Waals surface area (Å²) in [6.45, 7) is 5.09. The van der Waals surface area contributed by atoms with E-state index in [0.29, 0.717) is 6.04 Å². The highest BCUT2D eigenvalue weighted by Gasteiger charge is 2.26. The minimum atomic E-state index is 0. The van der Waals surface area contributed by atoms with E-state index in [1.54, 1.807) is 6.26 Å². The number of rotatable bonds is 4. The average Bonchev–Trinajstić information content (AvgIpc) is 3.13. The van der Waals surface area contributed by atoms with E-state index in [-0.39, 0.29) is 24.0 Å². The Kier molecular flexibility index (Phi) is 5.71. The molecule has 0 radical (unpaired) electrons. The zero-order chi connectivity index (χ0) is 13.1. The summed E-state index contributed by atoms with van der Waals surface area (Å²) in [5.41, 5.74) is 0. The summed E-state index contributed by atoms with van der Waals surface area (Å²) in [5.74, 6) is 2.06. The van der Waals surface area contributed by atoms with Crippen LogP contribution in [0.4, 0.5) is 0 Å². The number of likely N-dealkylation sites (tertiary alicyclic amines) is 1. The summed E-state index contributed by atoms with van der Waals surface area (Å²) >= 11 is 0. The number of likely N-dealkylation sites (N-methyl/N-ethyl adjacent to an activating group) is 1. The first-order valence-electron chi connectivity index (χ1n) is 7.11. The van der Waals surface area contributed by atoms with Crippen LogP contribution in [0.15, 0.2) is 27.8 Å². The summed E-state index contributed by atoms with van der Waals surface area (Å²) in [7, 11) is 2.08. The molecule has 3 heterocycles. The van der Waals surface area contributed by atoms with E-state index in [0.717, 1.165) is 44.4 Å². The fraction of sp³-hybridized carbons (Fsp3) is 0.643. The van der Waals surface area contributed by atoms with Crippen molar-refractivity contribution < 1.29 is 4.42 Å². The van der Waals surface area contributed by atoms with E-state index >= 15 is 0 Å². The molecule has 0 amide bonds. The molecule has 1 atom stereocenters. The van der Waals surface area contributed by atoms with E-state index < -0.39 is 0 Å². The Morgan fingerprint density at radius 3 is 2.75 bits per heavy atom. The van der Waals surface area contributed by atoms with Gasteiger partial charge in [-0.05, 0) is 38.1 Å². The fourth-order valence-corrected chi connectivity index (χ4v) is 2.86. The van der Waals surface area contributed by atoms with E-state index in [4.69, 9.17) is 4.42 Å². The Morgan fingerprint density at radius 2 is 2.15 bits per heavy atom. The van der Waals surface area contributed by atoms with Crippen LogP contribution in [0.25, 0.3) is 0 Å². The van der Waals surface area contributed by atoms with Gasteiger partial charge in [0.15, 0.2) is 5.96 Å². The standard InChI is InChI=1S/C14H22N4O.HI/c1-17-9-6-15-14(17)16-11-12(13-5-4-10-19-13)18-7-2-3-8-18;/h4-5,10,12H,2-3,6-9,11H2,1H3,(H,15,16);1H. The van der Waals surface area contributed by atoms with Gasteiger partial charge in [0, 0.05) is 20.1 Å². The zero-order valence-corrected chi connectivity index (χ0v) is 14.2. The molecule has 0 bridgehead atoms. The first-order chi connectivity index (χ1) is 9.34. The summed E-state index contributed by atoms with van der Waals surface area (Å²) in [6.07, 6.45) is 4.34. The topological polar surface area (TPSA) is 44.0 Å². The molecule has 1 N–H and O–H groups in total. The highest BCUT2D eigenvalue weighted by molar-refractivity contribution is 14.0. The molecule has 0 aromatic carbocycles. The summed E-state index contributed by atoms with van der Waals surface area (Å²) < 4.78 is 5.61. The van der Waals surface area contributed by atoms with Gasteiger partial charge in [0.05, 0.1) is 18.8 Å². The number of guanidine groups is 1. The Morgan fingerprint density at radius 1 is 1.35 bits per heavy atom. The van der Waals surface area contributed by atoms with Crippen LogP contribution in [0.1, 0.15) is 24.6 Å². The van der Waals surface area contributed by atoms with Gasteiger partial charge in [-0.25, -0.2) is 0 Å². The third-order valence-corrected chi connectivity index (χ3v) is 3.97. The molecule has 2 aliphatic heterocycles. The largest absolute Gasteiger partial charge is 0.468 e. The molecule has 1 unspecified atom stereocenters. The zero-order valence-electron chi connectivity index (χ0n) is 11.9. The lowest BCUT2D eigenvalue weighted by molar-refractivity contribution is 0.214. The number of furan rings is 1. The van der Waals surface area contributed by atoms with Gasteiger partial charge in [0.25, 0.3) is 0 Å². The Hall–Kier alpha value is -0.760. The number of hydrogen-bond donors (Lipinski definition) is 1. The molecular weight excluding hydrogens is 367 g/mol. The van der Waals surface area contributed by atoms with Crippen LogP contribution in [0.2, 0.25) is 0 Å². The van der Waals surface area contributed by atoms with Crippen molar-refractivity contribution in [3.05, 3.63) is 24.2 Å². The predicted octanol–water partition coefficient (Wildman–Crippen LogP) is 1.93. The van der Waals surface area contributed by atoms with E-state index in [9.17, 15) is 0 Å². The SMILES string of the molecule is CN1CCN=C1NCC(c1ccco1)N1CCCC1.I. The number of nitrogens with zero attached hydrogens (tertiary/aromatic N) is 3. The van der Waals surface area contributed by atoms with E-state index in [1.165, 1.54) is 12.8 Å². The average molecular weight is 390 g/mol. The molecule has 3 rings (SSSR count). The normalized spacial score (nSPS) is 20.6. The Bertz CT molecular complexity index is 428. The first kappa shape index (κ1) is 15.6. The quantitative estimate of drug-likeness (QED) is 0.799. The molecule has 112 valence electrons. The van der Waals surface area contributed by atoms with Crippen LogP contribution in [0.5, 0.6) is 0 Å². The number of aliphatic imine (C=N–C) groups is 1.